The van der Waals surface area contributed by atoms with E-state index in [0.717, 1.165) is 0 Å². The molecular formula is C20H26N6O3S4. The summed E-state index contributed by atoms with van der Waals surface area (Å²) in [7, 11) is 0. The largest absolute Gasteiger partial charge is 0.462 e. The molecule has 0 aliphatic heterocycles. The van der Waals surface area contributed by atoms with E-state index in [9.17, 15) is 4.79 Å². The minimum Gasteiger partial charge on any atom is -0.462 e. The van der Waals surface area contributed by atoms with E-state index in [1.165, 1.54) is 45.3 Å². The van der Waals surface area contributed by atoms with Gasteiger partial charge < -0.3 is 20.5 Å². The standard InChI is InChI=1S/C16H14N6O3S4.2C2H6/c23-3-4-25-12(24)11(9-7-28-15(19-9)21-13-17-1-5-26-13)10-8-29-16(20-10)22-14-18-2-6-27-14;2*1-2/h1-2,5-8,11,23H,3-4H2,(H,17,19,21)(H,18,20,22);2*1-2H3. The van der Waals surface area contributed by atoms with E-state index in [0.29, 0.717) is 31.9 Å². The molecule has 0 atom stereocenters. The monoisotopic (exact) mass is 526 g/mol. The number of ether oxygens (including phenoxy) is 1. The van der Waals surface area contributed by atoms with Crippen molar-refractivity contribution in [2.24, 2.45) is 0 Å². The summed E-state index contributed by atoms with van der Waals surface area (Å²) in [5.41, 5.74) is 1.03. The molecule has 178 valence electrons. The van der Waals surface area contributed by atoms with Crippen molar-refractivity contribution in [1.29, 1.82) is 0 Å². The Bertz CT molecular complexity index is 975. The maximum atomic E-state index is 12.7. The molecule has 13 heteroatoms. The summed E-state index contributed by atoms with van der Waals surface area (Å²) in [5, 5.41) is 25.2. The lowest BCUT2D eigenvalue weighted by Crippen LogP contribution is -2.19. The van der Waals surface area contributed by atoms with Crippen molar-refractivity contribution in [3.05, 3.63) is 45.3 Å². The molecule has 0 aliphatic rings. The first-order valence-corrected chi connectivity index (χ1v) is 13.8. The fourth-order valence-corrected chi connectivity index (χ4v) is 4.98. The van der Waals surface area contributed by atoms with E-state index in [-0.39, 0.29) is 13.2 Å². The quantitative estimate of drug-likeness (QED) is 0.235. The van der Waals surface area contributed by atoms with Crippen molar-refractivity contribution in [3.63, 3.8) is 0 Å². The molecule has 4 rings (SSSR count). The van der Waals surface area contributed by atoms with Crippen LogP contribution in [0.25, 0.3) is 0 Å². The molecular weight excluding hydrogens is 501 g/mol. The zero-order valence-corrected chi connectivity index (χ0v) is 21.9. The molecule has 4 aromatic rings. The van der Waals surface area contributed by atoms with Crippen molar-refractivity contribution < 1.29 is 14.6 Å². The van der Waals surface area contributed by atoms with Gasteiger partial charge in [-0.15, -0.1) is 45.3 Å². The second-order valence-corrected chi connectivity index (χ2v) is 8.91. The summed E-state index contributed by atoms with van der Waals surface area (Å²) < 4.78 is 5.17. The summed E-state index contributed by atoms with van der Waals surface area (Å²) in [5.74, 6) is -1.32. The lowest BCUT2D eigenvalue weighted by atomic mass is 10.0. The second kappa shape index (κ2) is 14.6. The second-order valence-electron chi connectivity index (χ2n) is 5.40. The van der Waals surface area contributed by atoms with Gasteiger partial charge in [-0.25, -0.2) is 19.9 Å². The molecule has 0 bridgehead atoms. The van der Waals surface area contributed by atoms with Gasteiger partial charge in [0.2, 0.25) is 0 Å². The molecule has 33 heavy (non-hydrogen) atoms. The predicted molar refractivity (Wildman–Crippen MR) is 138 cm³/mol. The maximum absolute atomic E-state index is 12.7. The van der Waals surface area contributed by atoms with E-state index in [4.69, 9.17) is 9.84 Å². The number of aliphatic hydroxyl groups excluding tert-OH is 1. The Morgan fingerprint density at radius 1 is 0.879 bits per heavy atom. The van der Waals surface area contributed by atoms with Gasteiger partial charge in [0.25, 0.3) is 0 Å². The molecule has 0 aliphatic carbocycles. The van der Waals surface area contributed by atoms with Crippen molar-refractivity contribution in [3.8, 4) is 0 Å². The molecule has 0 aromatic carbocycles. The number of anilines is 4. The zero-order chi connectivity index (χ0) is 24.1. The number of carbonyl (C=O) groups excluding carboxylic acids is 1. The number of thiazole rings is 4. The van der Waals surface area contributed by atoms with Gasteiger partial charge in [0.15, 0.2) is 20.5 Å². The molecule has 0 amide bonds. The molecule has 0 spiro atoms. The van der Waals surface area contributed by atoms with Crippen LogP contribution >= 0.6 is 45.3 Å². The molecule has 4 aromatic heterocycles. The Hall–Kier alpha value is -2.45. The first-order valence-electron chi connectivity index (χ1n) is 10.2. The van der Waals surface area contributed by atoms with Crippen LogP contribution in [0.1, 0.15) is 45.0 Å². The van der Waals surface area contributed by atoms with Crippen molar-refractivity contribution in [2.75, 3.05) is 23.8 Å². The first kappa shape index (κ1) is 26.8. The Morgan fingerprint density at radius 3 is 1.76 bits per heavy atom. The third kappa shape index (κ3) is 7.82. The van der Waals surface area contributed by atoms with Crippen LogP contribution in [-0.2, 0) is 9.53 Å². The van der Waals surface area contributed by atoms with E-state index in [1.807, 2.05) is 38.5 Å². The summed E-state index contributed by atoms with van der Waals surface area (Å²) in [4.78, 5) is 30.1. The molecule has 0 saturated carbocycles. The number of hydrogen-bond acceptors (Lipinski definition) is 13. The Labute approximate surface area is 208 Å². The van der Waals surface area contributed by atoms with E-state index in [1.54, 1.807) is 23.2 Å². The van der Waals surface area contributed by atoms with Crippen LogP contribution in [0.5, 0.6) is 0 Å². The minimum atomic E-state index is -0.798. The summed E-state index contributed by atoms with van der Waals surface area (Å²) >= 11 is 5.63. The SMILES string of the molecule is CC.CC.O=C(OCCO)C(c1csc(Nc2nccs2)n1)c1csc(Nc2nccs2)n1. The molecule has 4 heterocycles. The molecule has 3 N–H and O–H groups in total. The van der Waals surface area contributed by atoms with Gasteiger partial charge in [-0.3, -0.25) is 4.79 Å². The number of rotatable bonds is 9. The lowest BCUT2D eigenvalue weighted by Gasteiger charge is -2.11. The van der Waals surface area contributed by atoms with Crippen molar-refractivity contribution in [1.82, 2.24) is 19.9 Å². The van der Waals surface area contributed by atoms with Gasteiger partial charge in [0.05, 0.1) is 18.0 Å². The van der Waals surface area contributed by atoms with Crippen LogP contribution in [-0.4, -0.2) is 44.2 Å². The number of aliphatic hydroxyl groups is 1. The van der Waals surface area contributed by atoms with Crippen LogP contribution in [0, 0.1) is 0 Å². The lowest BCUT2D eigenvalue weighted by molar-refractivity contribution is -0.145. The third-order valence-corrected chi connectivity index (χ3v) is 6.43. The fourth-order valence-electron chi connectivity index (χ4n) is 2.33. The van der Waals surface area contributed by atoms with E-state index < -0.39 is 11.9 Å². The highest BCUT2D eigenvalue weighted by atomic mass is 32.1. The van der Waals surface area contributed by atoms with Gasteiger partial charge in [-0.05, 0) is 0 Å². The van der Waals surface area contributed by atoms with Crippen LogP contribution in [0.3, 0.4) is 0 Å². The first-order chi connectivity index (χ1) is 16.2. The molecule has 0 saturated heterocycles. The topological polar surface area (TPSA) is 122 Å². The number of esters is 1. The zero-order valence-electron chi connectivity index (χ0n) is 18.6. The molecule has 0 unspecified atom stereocenters. The van der Waals surface area contributed by atoms with E-state index in [2.05, 4.69) is 30.6 Å². The smallest absolute Gasteiger partial charge is 0.321 e. The molecule has 0 fully saturated rings. The number of hydrogen-bond donors (Lipinski definition) is 3. The van der Waals surface area contributed by atoms with E-state index >= 15 is 0 Å². The number of aromatic nitrogens is 4. The summed E-state index contributed by atoms with van der Waals surface area (Å²) in [6.07, 6.45) is 3.39. The van der Waals surface area contributed by atoms with Crippen LogP contribution in [0.15, 0.2) is 33.9 Å². The van der Waals surface area contributed by atoms with Gasteiger partial charge >= 0.3 is 5.97 Å². The van der Waals surface area contributed by atoms with Crippen LogP contribution < -0.4 is 10.6 Å². The normalized spacial score (nSPS) is 10.0. The summed E-state index contributed by atoms with van der Waals surface area (Å²) in [6.45, 7) is 7.67. The van der Waals surface area contributed by atoms with Gasteiger partial charge in [-0.1, -0.05) is 27.7 Å². The van der Waals surface area contributed by atoms with Gasteiger partial charge in [-0.2, -0.15) is 0 Å². The number of nitrogens with zero attached hydrogens (tertiary/aromatic N) is 4. The third-order valence-electron chi connectivity index (χ3n) is 3.50. The highest BCUT2D eigenvalue weighted by Gasteiger charge is 2.29. The van der Waals surface area contributed by atoms with Crippen molar-refractivity contribution >= 4 is 71.8 Å². The minimum absolute atomic E-state index is 0.0853. The Morgan fingerprint density at radius 2 is 1.36 bits per heavy atom. The Balaban J connectivity index is 0.000000914. The predicted octanol–water partition coefficient (Wildman–Crippen LogP) is 5.72. The number of nitrogens with one attached hydrogen (secondary N) is 2. The maximum Gasteiger partial charge on any atom is 0.321 e. The molecule has 9 nitrogen and oxygen atoms in total. The average Bonchev–Trinajstić information content (AvgIpc) is 3.66. The van der Waals surface area contributed by atoms with Crippen molar-refractivity contribution in [2.45, 2.75) is 33.6 Å². The highest BCUT2D eigenvalue weighted by Crippen LogP contribution is 2.33. The highest BCUT2D eigenvalue weighted by molar-refractivity contribution is 7.16. The average molecular weight is 527 g/mol. The van der Waals surface area contributed by atoms with Gasteiger partial charge in [0, 0.05) is 33.9 Å². The fraction of sp³-hybridized carbons (Fsp3) is 0.350. The van der Waals surface area contributed by atoms with Crippen LogP contribution in [0.4, 0.5) is 20.5 Å². The van der Waals surface area contributed by atoms with Gasteiger partial charge in [0.1, 0.15) is 12.5 Å². The number of carbonyl (C=O) groups is 1. The van der Waals surface area contributed by atoms with Crippen LogP contribution in [0.2, 0.25) is 0 Å². The Kier molecular flexibility index (Phi) is 11.9. The summed E-state index contributed by atoms with van der Waals surface area (Å²) in [6, 6.07) is 0. The molecule has 0 radical (unpaired) electrons.